The van der Waals surface area contributed by atoms with Crippen LogP contribution in [0.4, 0.5) is 10.1 Å². The van der Waals surface area contributed by atoms with Crippen LogP contribution in [0.15, 0.2) is 18.2 Å². The van der Waals surface area contributed by atoms with Crippen LogP contribution < -0.4 is 5.73 Å². The van der Waals surface area contributed by atoms with Crippen molar-refractivity contribution in [3.05, 3.63) is 29.8 Å². The first-order valence-electron chi connectivity index (χ1n) is 5.45. The average Bonchev–Trinajstić information content (AvgIpc) is 2.91. The van der Waals surface area contributed by atoms with Gasteiger partial charge in [0.05, 0.1) is 5.56 Å². The van der Waals surface area contributed by atoms with Gasteiger partial charge in [-0.25, -0.2) is 4.39 Å². The highest BCUT2D eigenvalue weighted by Gasteiger charge is 2.14. The predicted octanol–water partition coefficient (Wildman–Crippen LogP) is 2.14. The Morgan fingerprint density at radius 3 is 3.00 bits per heavy atom. The van der Waals surface area contributed by atoms with Gasteiger partial charge in [-0.3, -0.25) is 0 Å². The zero-order valence-electron chi connectivity index (χ0n) is 9.59. The van der Waals surface area contributed by atoms with Crippen LogP contribution in [-0.2, 0) is 6.42 Å². The van der Waals surface area contributed by atoms with E-state index in [4.69, 9.17) is 5.73 Å². The van der Waals surface area contributed by atoms with Crippen LogP contribution in [0.2, 0.25) is 0 Å². The van der Waals surface area contributed by atoms with Crippen LogP contribution in [-0.4, -0.2) is 19.8 Å². The zero-order valence-corrected chi connectivity index (χ0v) is 10.4. The molecule has 0 bridgehead atoms. The van der Waals surface area contributed by atoms with Crippen LogP contribution in [0.25, 0.3) is 15.5 Å². The second kappa shape index (κ2) is 4.02. The van der Waals surface area contributed by atoms with E-state index in [9.17, 15) is 4.39 Å². The molecule has 0 aliphatic heterocycles. The van der Waals surface area contributed by atoms with Crippen LogP contribution in [0, 0.1) is 5.82 Å². The van der Waals surface area contributed by atoms with Gasteiger partial charge >= 0.3 is 0 Å². The summed E-state index contributed by atoms with van der Waals surface area (Å²) in [6.45, 7) is 1.97. The average molecular weight is 263 g/mol. The maximum absolute atomic E-state index is 13.7. The molecule has 0 saturated heterocycles. The van der Waals surface area contributed by atoms with Crippen molar-refractivity contribution in [2.75, 3.05) is 5.73 Å². The summed E-state index contributed by atoms with van der Waals surface area (Å²) in [5, 5.41) is 12.9. The zero-order chi connectivity index (χ0) is 12.7. The lowest BCUT2D eigenvalue weighted by Crippen LogP contribution is -1.94. The van der Waals surface area contributed by atoms with Gasteiger partial charge in [-0.2, -0.15) is 9.61 Å². The Labute approximate surface area is 106 Å². The number of anilines is 1. The minimum atomic E-state index is -0.341. The van der Waals surface area contributed by atoms with Gasteiger partial charge in [-0.15, -0.1) is 10.2 Å². The van der Waals surface area contributed by atoms with E-state index >= 15 is 0 Å². The van der Waals surface area contributed by atoms with Crippen LogP contribution in [0.5, 0.6) is 0 Å². The molecule has 0 saturated carbocycles. The number of rotatable bonds is 2. The molecular weight excluding hydrogens is 253 g/mol. The number of hydrogen-bond donors (Lipinski definition) is 1. The van der Waals surface area contributed by atoms with E-state index in [1.165, 1.54) is 23.5 Å². The molecule has 2 aromatic heterocycles. The summed E-state index contributed by atoms with van der Waals surface area (Å²) in [4.78, 5) is 0.656. The number of hydrogen-bond acceptors (Lipinski definition) is 5. The first-order chi connectivity index (χ1) is 8.69. The third-order valence-corrected chi connectivity index (χ3v) is 3.52. The molecule has 0 atom stereocenters. The molecule has 1 aromatic carbocycles. The Morgan fingerprint density at radius 1 is 1.39 bits per heavy atom. The molecule has 3 aromatic rings. The highest BCUT2D eigenvalue weighted by atomic mass is 32.1. The number of nitrogens with two attached hydrogens (primary N) is 1. The molecule has 0 amide bonds. The fourth-order valence-corrected chi connectivity index (χ4v) is 2.57. The smallest absolute Gasteiger partial charge is 0.234 e. The SMILES string of the molecule is CCc1nnc2sc(-c3cc(N)ccc3F)nn12. The van der Waals surface area contributed by atoms with Crippen molar-refractivity contribution in [2.45, 2.75) is 13.3 Å². The van der Waals surface area contributed by atoms with Crippen molar-refractivity contribution < 1.29 is 4.39 Å². The third kappa shape index (κ3) is 1.63. The minimum absolute atomic E-state index is 0.341. The van der Waals surface area contributed by atoms with Gasteiger partial charge < -0.3 is 5.73 Å². The van der Waals surface area contributed by atoms with E-state index < -0.39 is 0 Å². The van der Waals surface area contributed by atoms with Crippen molar-refractivity contribution in [1.82, 2.24) is 19.8 Å². The Bertz CT molecular complexity index is 717. The molecule has 0 aliphatic rings. The molecule has 2 N–H and O–H groups in total. The normalized spacial score (nSPS) is 11.2. The van der Waals surface area contributed by atoms with E-state index in [0.717, 1.165) is 12.2 Å². The van der Waals surface area contributed by atoms with Crippen molar-refractivity contribution in [3.8, 4) is 10.6 Å². The lowest BCUT2D eigenvalue weighted by atomic mass is 10.2. The lowest BCUT2D eigenvalue weighted by Gasteiger charge is -1.99. The number of aromatic nitrogens is 4. The van der Waals surface area contributed by atoms with Crippen molar-refractivity contribution in [3.63, 3.8) is 0 Å². The topological polar surface area (TPSA) is 69.1 Å². The molecule has 18 heavy (non-hydrogen) atoms. The summed E-state index contributed by atoms with van der Waals surface area (Å²) in [5.74, 6) is 0.420. The van der Waals surface area contributed by atoms with E-state index in [1.807, 2.05) is 6.92 Å². The Kier molecular flexibility index (Phi) is 2.48. The monoisotopic (exact) mass is 263 g/mol. The quantitative estimate of drug-likeness (QED) is 0.719. The number of aryl methyl sites for hydroxylation is 1. The van der Waals surface area contributed by atoms with Crippen molar-refractivity contribution in [2.24, 2.45) is 0 Å². The van der Waals surface area contributed by atoms with Gasteiger partial charge in [-0.1, -0.05) is 18.3 Å². The fraction of sp³-hybridized carbons (Fsp3) is 0.182. The maximum Gasteiger partial charge on any atom is 0.234 e. The number of halogens is 1. The number of fused-ring (bicyclic) bond motifs is 1. The summed E-state index contributed by atoms with van der Waals surface area (Å²) in [6, 6.07) is 4.44. The lowest BCUT2D eigenvalue weighted by molar-refractivity contribution is 0.631. The molecular formula is C11H10FN5S. The summed E-state index contributed by atoms with van der Waals surface area (Å²) in [7, 11) is 0. The van der Waals surface area contributed by atoms with Crippen LogP contribution >= 0.6 is 11.3 Å². The molecule has 2 heterocycles. The van der Waals surface area contributed by atoms with Gasteiger partial charge in [0.1, 0.15) is 5.82 Å². The van der Waals surface area contributed by atoms with Gasteiger partial charge in [-0.05, 0) is 18.2 Å². The Hall–Kier alpha value is -2.02. The molecule has 3 rings (SSSR count). The molecule has 0 unspecified atom stereocenters. The Morgan fingerprint density at radius 2 is 2.22 bits per heavy atom. The molecule has 92 valence electrons. The van der Waals surface area contributed by atoms with Gasteiger partial charge in [0.25, 0.3) is 0 Å². The summed E-state index contributed by atoms with van der Waals surface area (Å²) in [6.07, 6.45) is 0.726. The van der Waals surface area contributed by atoms with Crippen molar-refractivity contribution >= 4 is 22.0 Å². The van der Waals surface area contributed by atoms with Crippen LogP contribution in [0.1, 0.15) is 12.7 Å². The second-order valence-corrected chi connectivity index (χ2v) is 4.77. The van der Waals surface area contributed by atoms with Crippen molar-refractivity contribution in [1.29, 1.82) is 0 Å². The largest absolute Gasteiger partial charge is 0.399 e. The van der Waals surface area contributed by atoms with E-state index in [-0.39, 0.29) is 5.82 Å². The molecule has 0 aliphatic carbocycles. The molecule has 5 nitrogen and oxygen atoms in total. The van der Waals surface area contributed by atoms with Gasteiger partial charge in [0, 0.05) is 12.1 Å². The molecule has 0 fully saturated rings. The molecule has 0 spiro atoms. The number of benzene rings is 1. The third-order valence-electron chi connectivity index (χ3n) is 2.59. The fourth-order valence-electron chi connectivity index (χ4n) is 1.69. The van der Waals surface area contributed by atoms with Gasteiger partial charge in [0.15, 0.2) is 10.8 Å². The summed E-state index contributed by atoms with van der Waals surface area (Å²) in [5.41, 5.74) is 6.57. The van der Waals surface area contributed by atoms with E-state index in [1.54, 1.807) is 10.6 Å². The van der Waals surface area contributed by atoms with Gasteiger partial charge in [0.2, 0.25) is 4.96 Å². The van der Waals surface area contributed by atoms with E-state index in [0.29, 0.717) is 21.2 Å². The first kappa shape index (κ1) is 11.1. The second-order valence-electron chi connectivity index (χ2n) is 3.81. The highest BCUT2D eigenvalue weighted by Crippen LogP contribution is 2.29. The van der Waals surface area contributed by atoms with E-state index in [2.05, 4.69) is 15.3 Å². The summed E-state index contributed by atoms with van der Waals surface area (Å²) >= 11 is 1.29. The maximum atomic E-state index is 13.7. The molecule has 0 radical (unpaired) electrons. The Balaban J connectivity index is 2.19. The highest BCUT2D eigenvalue weighted by molar-refractivity contribution is 7.19. The summed E-state index contributed by atoms with van der Waals surface area (Å²) < 4.78 is 15.4. The molecule has 7 heteroatoms. The standard InChI is InChI=1S/C11H10FN5S/c1-2-9-14-15-11-17(9)16-10(18-11)7-5-6(13)3-4-8(7)12/h3-5H,2,13H2,1H3. The van der Waals surface area contributed by atoms with Crippen LogP contribution in [0.3, 0.4) is 0 Å². The number of nitrogens with zero attached hydrogens (tertiary/aromatic N) is 4. The first-order valence-corrected chi connectivity index (χ1v) is 6.27. The minimum Gasteiger partial charge on any atom is -0.399 e. The number of nitrogen functional groups attached to an aromatic ring is 1. The predicted molar refractivity (Wildman–Crippen MR) is 67.8 cm³/mol.